The fraction of sp³-hybridized carbons (Fsp3) is 0.421. The standard InChI is InChI=1S/C19H24O2/c1-3-5-8-14-12-13-17(19(20)21)18-15(9-6-4-2)10-7-11-16(14)18/h7,10-13H,3-6,8-9H2,1-2H3,(H,20,21). The van der Waals surface area contributed by atoms with Crippen LogP contribution in [0.4, 0.5) is 0 Å². The van der Waals surface area contributed by atoms with E-state index in [0.717, 1.165) is 49.3 Å². The number of carboxylic acid groups (broad SMARTS) is 1. The molecule has 1 N–H and O–H groups in total. The minimum Gasteiger partial charge on any atom is -0.478 e. The van der Waals surface area contributed by atoms with Gasteiger partial charge in [0.1, 0.15) is 0 Å². The second-order valence-electron chi connectivity index (χ2n) is 5.62. The monoisotopic (exact) mass is 284 g/mol. The summed E-state index contributed by atoms with van der Waals surface area (Å²) in [6.07, 6.45) is 6.47. The van der Waals surface area contributed by atoms with Crippen LogP contribution < -0.4 is 0 Å². The van der Waals surface area contributed by atoms with Gasteiger partial charge in [-0.1, -0.05) is 51.0 Å². The van der Waals surface area contributed by atoms with Gasteiger partial charge in [-0.25, -0.2) is 4.79 Å². The Hall–Kier alpha value is -1.83. The summed E-state index contributed by atoms with van der Waals surface area (Å²) >= 11 is 0. The van der Waals surface area contributed by atoms with E-state index in [0.29, 0.717) is 5.56 Å². The summed E-state index contributed by atoms with van der Waals surface area (Å²) in [6.45, 7) is 4.34. The Morgan fingerprint density at radius 2 is 1.62 bits per heavy atom. The van der Waals surface area contributed by atoms with Gasteiger partial charge in [-0.05, 0) is 53.6 Å². The average molecular weight is 284 g/mol. The lowest BCUT2D eigenvalue weighted by Crippen LogP contribution is -2.02. The van der Waals surface area contributed by atoms with Crippen molar-refractivity contribution < 1.29 is 9.90 Å². The molecule has 0 spiro atoms. The number of unbranched alkanes of at least 4 members (excludes halogenated alkanes) is 2. The Balaban J connectivity index is 2.60. The Labute approximate surface area is 126 Å². The highest BCUT2D eigenvalue weighted by Crippen LogP contribution is 2.28. The van der Waals surface area contributed by atoms with E-state index < -0.39 is 5.97 Å². The molecule has 0 bridgehead atoms. The molecule has 0 saturated heterocycles. The Morgan fingerprint density at radius 3 is 2.24 bits per heavy atom. The Kier molecular flexibility index (Phi) is 5.38. The number of hydrogen-bond donors (Lipinski definition) is 1. The molecule has 0 heterocycles. The van der Waals surface area contributed by atoms with Crippen molar-refractivity contribution in [2.24, 2.45) is 0 Å². The molecule has 2 rings (SSSR count). The predicted molar refractivity (Wildman–Crippen MR) is 88.1 cm³/mol. The number of aromatic carboxylic acids is 1. The molecule has 0 fully saturated rings. The molecular formula is C19H24O2. The third-order valence-electron chi connectivity index (χ3n) is 4.05. The summed E-state index contributed by atoms with van der Waals surface area (Å²) in [7, 11) is 0. The fourth-order valence-corrected chi connectivity index (χ4v) is 2.88. The molecule has 21 heavy (non-hydrogen) atoms. The van der Waals surface area contributed by atoms with Crippen LogP contribution >= 0.6 is 0 Å². The van der Waals surface area contributed by atoms with E-state index in [1.165, 1.54) is 11.1 Å². The third-order valence-corrected chi connectivity index (χ3v) is 4.05. The van der Waals surface area contributed by atoms with Crippen molar-refractivity contribution in [3.63, 3.8) is 0 Å². The van der Waals surface area contributed by atoms with Gasteiger partial charge in [-0.2, -0.15) is 0 Å². The number of fused-ring (bicyclic) bond motifs is 1. The minimum absolute atomic E-state index is 0.442. The summed E-state index contributed by atoms with van der Waals surface area (Å²) in [5.74, 6) is -0.828. The molecular weight excluding hydrogens is 260 g/mol. The normalized spacial score (nSPS) is 11.0. The van der Waals surface area contributed by atoms with Gasteiger partial charge in [-0.15, -0.1) is 0 Å². The van der Waals surface area contributed by atoms with Crippen LogP contribution in [-0.4, -0.2) is 11.1 Å². The molecule has 0 aliphatic rings. The highest BCUT2D eigenvalue weighted by molar-refractivity contribution is 6.06. The van der Waals surface area contributed by atoms with Crippen LogP contribution in [0, 0.1) is 0 Å². The van der Waals surface area contributed by atoms with Crippen molar-refractivity contribution in [1.29, 1.82) is 0 Å². The lowest BCUT2D eigenvalue weighted by Gasteiger charge is -2.13. The summed E-state index contributed by atoms with van der Waals surface area (Å²) in [4.78, 5) is 11.6. The fourth-order valence-electron chi connectivity index (χ4n) is 2.88. The molecule has 0 saturated carbocycles. The van der Waals surface area contributed by atoms with Crippen molar-refractivity contribution in [3.8, 4) is 0 Å². The second-order valence-corrected chi connectivity index (χ2v) is 5.62. The van der Waals surface area contributed by atoms with E-state index in [9.17, 15) is 9.90 Å². The smallest absolute Gasteiger partial charge is 0.336 e. The summed E-state index contributed by atoms with van der Waals surface area (Å²) in [5.41, 5.74) is 2.89. The quantitative estimate of drug-likeness (QED) is 0.756. The van der Waals surface area contributed by atoms with Crippen molar-refractivity contribution in [1.82, 2.24) is 0 Å². The molecule has 2 nitrogen and oxygen atoms in total. The Morgan fingerprint density at radius 1 is 0.952 bits per heavy atom. The van der Waals surface area contributed by atoms with Crippen molar-refractivity contribution in [2.45, 2.75) is 52.4 Å². The van der Waals surface area contributed by atoms with Crippen LogP contribution in [0.2, 0.25) is 0 Å². The Bertz CT molecular complexity index is 629. The van der Waals surface area contributed by atoms with Gasteiger partial charge in [0.15, 0.2) is 0 Å². The molecule has 0 radical (unpaired) electrons. The maximum absolute atomic E-state index is 11.6. The summed E-state index contributed by atoms with van der Waals surface area (Å²) < 4.78 is 0. The first-order valence-electron chi connectivity index (χ1n) is 7.95. The van der Waals surface area contributed by atoms with Crippen molar-refractivity contribution >= 4 is 16.7 Å². The first-order chi connectivity index (χ1) is 10.2. The number of carboxylic acids is 1. The van der Waals surface area contributed by atoms with Crippen molar-refractivity contribution in [2.75, 3.05) is 0 Å². The van der Waals surface area contributed by atoms with Crippen LogP contribution in [-0.2, 0) is 12.8 Å². The number of aryl methyl sites for hydroxylation is 2. The molecule has 2 aromatic rings. The molecule has 0 atom stereocenters. The van der Waals surface area contributed by atoms with Gasteiger partial charge < -0.3 is 5.11 Å². The molecule has 2 heteroatoms. The van der Waals surface area contributed by atoms with Crippen LogP contribution in [0.3, 0.4) is 0 Å². The number of rotatable bonds is 7. The maximum atomic E-state index is 11.6. The largest absolute Gasteiger partial charge is 0.478 e. The van der Waals surface area contributed by atoms with E-state index in [2.05, 4.69) is 32.0 Å². The molecule has 0 unspecified atom stereocenters. The van der Waals surface area contributed by atoms with E-state index in [1.54, 1.807) is 6.07 Å². The third kappa shape index (κ3) is 3.44. The average Bonchev–Trinajstić information content (AvgIpc) is 2.50. The van der Waals surface area contributed by atoms with E-state index in [1.807, 2.05) is 6.07 Å². The van der Waals surface area contributed by atoms with Crippen LogP contribution in [0.5, 0.6) is 0 Å². The summed E-state index contributed by atoms with van der Waals surface area (Å²) in [5, 5.41) is 11.6. The van der Waals surface area contributed by atoms with E-state index >= 15 is 0 Å². The maximum Gasteiger partial charge on any atom is 0.336 e. The van der Waals surface area contributed by atoms with Gasteiger partial charge in [0.25, 0.3) is 0 Å². The van der Waals surface area contributed by atoms with E-state index in [-0.39, 0.29) is 0 Å². The number of hydrogen-bond acceptors (Lipinski definition) is 1. The van der Waals surface area contributed by atoms with Gasteiger partial charge >= 0.3 is 5.97 Å². The predicted octanol–water partition coefficient (Wildman–Crippen LogP) is 5.22. The highest BCUT2D eigenvalue weighted by atomic mass is 16.4. The zero-order valence-electron chi connectivity index (χ0n) is 13.0. The van der Waals surface area contributed by atoms with Gasteiger partial charge in [-0.3, -0.25) is 0 Å². The highest BCUT2D eigenvalue weighted by Gasteiger charge is 2.14. The number of benzene rings is 2. The minimum atomic E-state index is -0.828. The lowest BCUT2D eigenvalue weighted by molar-refractivity contribution is 0.0699. The zero-order valence-corrected chi connectivity index (χ0v) is 13.0. The second kappa shape index (κ2) is 7.26. The first kappa shape index (κ1) is 15.6. The van der Waals surface area contributed by atoms with Gasteiger partial charge in [0, 0.05) is 0 Å². The zero-order chi connectivity index (χ0) is 15.2. The number of carbonyl (C=O) groups is 1. The molecule has 0 aromatic heterocycles. The van der Waals surface area contributed by atoms with Gasteiger partial charge in [0.05, 0.1) is 5.56 Å². The molecule has 0 aliphatic carbocycles. The summed E-state index contributed by atoms with van der Waals surface area (Å²) in [6, 6.07) is 9.99. The molecule has 112 valence electrons. The van der Waals surface area contributed by atoms with Gasteiger partial charge in [0.2, 0.25) is 0 Å². The molecule has 0 amide bonds. The SMILES string of the molecule is CCCCc1ccc(C(=O)O)c2c(CCCC)cccc12. The van der Waals surface area contributed by atoms with E-state index in [4.69, 9.17) is 0 Å². The molecule has 0 aliphatic heterocycles. The topological polar surface area (TPSA) is 37.3 Å². The first-order valence-corrected chi connectivity index (χ1v) is 7.95. The molecule has 2 aromatic carbocycles. The lowest BCUT2D eigenvalue weighted by atomic mass is 9.91. The van der Waals surface area contributed by atoms with Crippen LogP contribution in [0.25, 0.3) is 10.8 Å². The van der Waals surface area contributed by atoms with Crippen LogP contribution in [0.15, 0.2) is 30.3 Å². The van der Waals surface area contributed by atoms with Crippen molar-refractivity contribution in [3.05, 3.63) is 47.0 Å². The van der Waals surface area contributed by atoms with Crippen LogP contribution in [0.1, 0.15) is 61.0 Å².